The minimum atomic E-state index is -1.44. The second-order valence-electron chi connectivity index (χ2n) is 7.74. The normalized spacial score (nSPS) is 20.2. The molecule has 1 aliphatic heterocycles. The highest BCUT2D eigenvalue weighted by Gasteiger charge is 2.37. The van der Waals surface area contributed by atoms with Crippen LogP contribution in [0.2, 0.25) is 0 Å². The molecule has 0 radical (unpaired) electrons. The molecule has 0 aromatic heterocycles. The summed E-state index contributed by atoms with van der Waals surface area (Å²) in [5, 5.41) is 22.9. The second-order valence-corrected chi connectivity index (χ2v) is 7.74. The summed E-state index contributed by atoms with van der Waals surface area (Å²) in [6.45, 7) is -0.391. The van der Waals surface area contributed by atoms with Gasteiger partial charge < -0.3 is 30.3 Å². The number of carboxylic acid groups (broad SMARTS) is 1. The number of ether oxygens (including phenoxy) is 2. The molecule has 2 aromatic rings. The van der Waals surface area contributed by atoms with Crippen molar-refractivity contribution in [3.8, 4) is 11.1 Å². The van der Waals surface area contributed by atoms with E-state index in [1.165, 1.54) is 0 Å². The third-order valence-electron chi connectivity index (χ3n) is 5.79. The van der Waals surface area contributed by atoms with Crippen molar-refractivity contribution in [1.82, 2.24) is 10.6 Å². The molecule has 4 rings (SSSR count). The molecule has 0 bridgehead atoms. The molecule has 4 N–H and O–H groups in total. The third-order valence-corrected chi connectivity index (χ3v) is 5.79. The number of fused-ring (bicyclic) bond motifs is 3. The number of hydrogen-bond donors (Lipinski definition) is 4. The van der Waals surface area contributed by atoms with Gasteiger partial charge in [0.25, 0.3) is 5.91 Å². The number of rotatable bonds is 7. The Labute approximate surface area is 184 Å². The van der Waals surface area contributed by atoms with Crippen molar-refractivity contribution in [2.75, 3.05) is 19.8 Å². The van der Waals surface area contributed by atoms with Gasteiger partial charge >= 0.3 is 12.1 Å². The van der Waals surface area contributed by atoms with E-state index in [2.05, 4.69) is 10.6 Å². The van der Waals surface area contributed by atoms with E-state index in [0.29, 0.717) is 6.42 Å². The van der Waals surface area contributed by atoms with Crippen LogP contribution in [0, 0.1) is 0 Å². The summed E-state index contributed by atoms with van der Waals surface area (Å²) in [6, 6.07) is 13.9. The molecule has 9 heteroatoms. The predicted molar refractivity (Wildman–Crippen MR) is 113 cm³/mol. The van der Waals surface area contributed by atoms with Crippen molar-refractivity contribution in [3.63, 3.8) is 0 Å². The van der Waals surface area contributed by atoms with E-state index in [0.717, 1.165) is 22.3 Å². The molecule has 2 aromatic carbocycles. The van der Waals surface area contributed by atoms with Gasteiger partial charge in [-0.05, 0) is 28.7 Å². The van der Waals surface area contributed by atoms with Crippen LogP contribution in [0.5, 0.6) is 0 Å². The van der Waals surface area contributed by atoms with Crippen LogP contribution >= 0.6 is 0 Å². The van der Waals surface area contributed by atoms with Gasteiger partial charge in [0.05, 0.1) is 12.6 Å². The topological polar surface area (TPSA) is 134 Å². The van der Waals surface area contributed by atoms with Crippen molar-refractivity contribution in [2.24, 2.45) is 0 Å². The van der Waals surface area contributed by atoms with Crippen LogP contribution in [0.25, 0.3) is 11.1 Å². The Morgan fingerprint density at radius 2 is 1.69 bits per heavy atom. The second kappa shape index (κ2) is 9.37. The third kappa shape index (κ3) is 4.30. The molecule has 2 amide bonds. The van der Waals surface area contributed by atoms with Gasteiger partial charge in [0.15, 0.2) is 6.10 Å². The number of nitrogens with one attached hydrogen (secondary N) is 2. The van der Waals surface area contributed by atoms with E-state index in [1.807, 2.05) is 48.5 Å². The standard InChI is InChI=1S/C23H24N2O7/c26-11-19(22(28)29)24-21(27)20-18(9-10-31-20)25-23(30)32-12-17-15-7-3-1-5-13(15)14-6-2-4-8-16(14)17/h1-8,17-20,26H,9-12H2,(H,24,27)(H,25,30)(H,28,29)/t18-,19?,20+/m0/s1. The van der Waals surface area contributed by atoms with Crippen molar-refractivity contribution < 1.29 is 34.1 Å². The number of hydrogen-bond acceptors (Lipinski definition) is 6. The van der Waals surface area contributed by atoms with Gasteiger partial charge in [-0.2, -0.15) is 0 Å². The highest BCUT2D eigenvalue weighted by molar-refractivity contribution is 5.87. The number of aliphatic hydroxyl groups is 1. The van der Waals surface area contributed by atoms with Crippen LogP contribution in [-0.2, 0) is 19.1 Å². The average Bonchev–Trinajstić information content (AvgIpc) is 3.38. The summed E-state index contributed by atoms with van der Waals surface area (Å²) in [5.74, 6) is -2.17. The van der Waals surface area contributed by atoms with Gasteiger partial charge in [0, 0.05) is 12.5 Å². The van der Waals surface area contributed by atoms with Gasteiger partial charge in [-0.1, -0.05) is 48.5 Å². The van der Waals surface area contributed by atoms with E-state index in [4.69, 9.17) is 19.7 Å². The lowest BCUT2D eigenvalue weighted by Gasteiger charge is -2.21. The Balaban J connectivity index is 1.37. The van der Waals surface area contributed by atoms with E-state index in [9.17, 15) is 14.4 Å². The minimum absolute atomic E-state index is 0.0899. The number of carbonyl (C=O) groups is 3. The minimum Gasteiger partial charge on any atom is -0.480 e. The molecule has 1 heterocycles. The quantitative estimate of drug-likeness (QED) is 0.509. The van der Waals surface area contributed by atoms with Crippen LogP contribution < -0.4 is 10.6 Å². The Morgan fingerprint density at radius 3 is 2.28 bits per heavy atom. The average molecular weight is 440 g/mol. The molecular weight excluding hydrogens is 416 g/mol. The maximum Gasteiger partial charge on any atom is 0.407 e. The highest BCUT2D eigenvalue weighted by atomic mass is 16.6. The number of aliphatic hydroxyl groups excluding tert-OH is 1. The molecular formula is C23H24N2O7. The fourth-order valence-electron chi connectivity index (χ4n) is 4.23. The lowest BCUT2D eigenvalue weighted by atomic mass is 9.98. The smallest absolute Gasteiger partial charge is 0.407 e. The van der Waals surface area contributed by atoms with Crippen LogP contribution in [0.3, 0.4) is 0 Å². The number of carbonyl (C=O) groups excluding carboxylic acids is 2. The summed E-state index contributed by atoms with van der Waals surface area (Å²) in [6.07, 6.45) is -1.37. The van der Waals surface area contributed by atoms with Crippen molar-refractivity contribution >= 4 is 18.0 Å². The van der Waals surface area contributed by atoms with E-state index in [-0.39, 0.29) is 19.1 Å². The fraction of sp³-hybridized carbons (Fsp3) is 0.348. The zero-order valence-electron chi connectivity index (χ0n) is 17.2. The number of alkyl carbamates (subject to hydrolysis) is 1. The van der Waals surface area contributed by atoms with Crippen molar-refractivity contribution in [2.45, 2.75) is 30.5 Å². The molecule has 9 nitrogen and oxygen atoms in total. The molecule has 168 valence electrons. The van der Waals surface area contributed by atoms with Gasteiger partial charge in [-0.25, -0.2) is 9.59 Å². The summed E-state index contributed by atoms with van der Waals surface area (Å²) in [4.78, 5) is 35.9. The molecule has 1 unspecified atom stereocenters. The Kier molecular flexibility index (Phi) is 6.38. The molecule has 1 saturated heterocycles. The zero-order chi connectivity index (χ0) is 22.7. The first-order valence-corrected chi connectivity index (χ1v) is 10.4. The summed E-state index contributed by atoms with van der Waals surface area (Å²) in [7, 11) is 0. The lowest BCUT2D eigenvalue weighted by Crippen LogP contribution is -2.53. The van der Waals surface area contributed by atoms with Crippen LogP contribution in [0.1, 0.15) is 23.5 Å². The van der Waals surface area contributed by atoms with Gasteiger partial charge in [0.2, 0.25) is 0 Å². The van der Waals surface area contributed by atoms with Crippen LogP contribution in [0.15, 0.2) is 48.5 Å². The van der Waals surface area contributed by atoms with E-state index in [1.54, 1.807) is 0 Å². The first-order chi connectivity index (χ1) is 15.5. The summed E-state index contributed by atoms with van der Waals surface area (Å²) < 4.78 is 10.9. The Bertz CT molecular complexity index is 979. The van der Waals surface area contributed by atoms with E-state index >= 15 is 0 Å². The molecule has 1 fully saturated rings. The SMILES string of the molecule is O=C(N[C@H]1CCO[C@H]1C(=O)NC(CO)C(=O)O)OCC1c2ccccc2-c2ccccc21. The number of benzene rings is 2. The van der Waals surface area contributed by atoms with Crippen LogP contribution in [-0.4, -0.2) is 66.2 Å². The van der Waals surface area contributed by atoms with Crippen LogP contribution in [0.4, 0.5) is 4.79 Å². The first-order valence-electron chi connectivity index (χ1n) is 10.4. The molecule has 0 spiro atoms. The Morgan fingerprint density at radius 1 is 1.06 bits per heavy atom. The molecule has 1 aliphatic carbocycles. The fourth-order valence-corrected chi connectivity index (χ4v) is 4.23. The molecule has 0 saturated carbocycles. The number of carboxylic acids is 1. The van der Waals surface area contributed by atoms with E-state index < -0.39 is 42.8 Å². The summed E-state index contributed by atoms with van der Waals surface area (Å²) in [5.41, 5.74) is 4.42. The number of aliphatic carboxylic acids is 1. The zero-order valence-corrected chi connectivity index (χ0v) is 17.2. The van der Waals surface area contributed by atoms with Gasteiger partial charge in [-0.15, -0.1) is 0 Å². The Hall–Kier alpha value is -3.43. The lowest BCUT2D eigenvalue weighted by molar-refractivity contribution is -0.145. The predicted octanol–water partition coefficient (Wildman–Crippen LogP) is 1.24. The monoisotopic (exact) mass is 440 g/mol. The maximum absolute atomic E-state index is 12.5. The van der Waals surface area contributed by atoms with Gasteiger partial charge in [0.1, 0.15) is 12.6 Å². The molecule has 32 heavy (non-hydrogen) atoms. The van der Waals surface area contributed by atoms with Gasteiger partial charge in [-0.3, -0.25) is 4.79 Å². The number of amides is 2. The molecule has 2 aliphatic rings. The van der Waals surface area contributed by atoms with Crippen molar-refractivity contribution in [1.29, 1.82) is 0 Å². The highest BCUT2D eigenvalue weighted by Crippen LogP contribution is 2.44. The van der Waals surface area contributed by atoms with Crippen molar-refractivity contribution in [3.05, 3.63) is 59.7 Å². The molecule has 3 atom stereocenters. The maximum atomic E-state index is 12.5. The largest absolute Gasteiger partial charge is 0.480 e. The first kappa shape index (κ1) is 21.8. The summed E-state index contributed by atoms with van der Waals surface area (Å²) >= 11 is 0.